The van der Waals surface area contributed by atoms with Gasteiger partial charge >= 0.3 is 0 Å². The van der Waals surface area contributed by atoms with Crippen LogP contribution < -0.4 is 0 Å². The van der Waals surface area contributed by atoms with Gasteiger partial charge in [-0.25, -0.2) is 0 Å². The lowest BCUT2D eigenvalue weighted by atomic mass is 10.1. The summed E-state index contributed by atoms with van der Waals surface area (Å²) in [7, 11) is 2.27. The lowest BCUT2D eigenvalue weighted by Gasteiger charge is -2.54. The number of rotatable bonds is 1. The molecule has 0 spiro atoms. The minimum atomic E-state index is -0.463. The van der Waals surface area contributed by atoms with E-state index in [9.17, 15) is 0 Å². The fraction of sp³-hybridized carbons (Fsp3) is 1.00. The molecule has 0 aromatic rings. The highest BCUT2D eigenvalue weighted by Gasteiger charge is 2.44. The second kappa shape index (κ2) is 8.12. The van der Waals surface area contributed by atoms with Gasteiger partial charge in [0.05, 0.1) is 0 Å². The largest absolute Gasteiger partial charge is 0.261 e. The van der Waals surface area contributed by atoms with Gasteiger partial charge in [0.25, 0.3) is 0 Å². The molecule has 2 aliphatic rings. The average molecular weight is 520 g/mol. The minimum Gasteiger partial charge on any atom is -0.261 e. The highest BCUT2D eigenvalue weighted by atomic mass is 127. The van der Waals surface area contributed by atoms with Crippen molar-refractivity contribution in [3.63, 3.8) is 0 Å². The zero-order chi connectivity index (χ0) is 14.6. The molecule has 0 N–H and O–H groups in total. The molecule has 1 saturated carbocycles. The molecule has 4 heteroatoms. The molecule has 0 nitrogen and oxygen atoms in total. The fourth-order valence-electron chi connectivity index (χ4n) is 4.05. The summed E-state index contributed by atoms with van der Waals surface area (Å²) in [6, 6.07) is 0. The van der Waals surface area contributed by atoms with Crippen LogP contribution >= 0.6 is 55.1 Å². The molecule has 0 bridgehead atoms. The first kappa shape index (κ1) is 18.2. The van der Waals surface area contributed by atoms with Crippen molar-refractivity contribution in [3.8, 4) is 0 Å². The molecule has 1 aliphatic carbocycles. The second-order valence-corrected chi connectivity index (χ2v) is 16.4. The summed E-state index contributed by atoms with van der Waals surface area (Å²) in [5, 5.41) is 1.06. The van der Waals surface area contributed by atoms with Crippen molar-refractivity contribution in [1.82, 2.24) is 0 Å². The first-order chi connectivity index (χ1) is 9.46. The lowest BCUT2D eigenvalue weighted by Crippen LogP contribution is -2.35. The van der Waals surface area contributed by atoms with E-state index in [1.165, 1.54) is 70.6 Å². The van der Waals surface area contributed by atoms with Gasteiger partial charge in [0.1, 0.15) is 0 Å². The zero-order valence-corrected chi connectivity index (χ0v) is 18.4. The monoisotopic (exact) mass is 520 g/mol. The summed E-state index contributed by atoms with van der Waals surface area (Å²) in [6.07, 6.45) is 16.4. The molecule has 0 aromatic heterocycles. The quantitative estimate of drug-likeness (QED) is 0.227. The third-order valence-electron chi connectivity index (χ3n) is 5.72. The van der Waals surface area contributed by atoms with Crippen molar-refractivity contribution in [2.45, 2.75) is 89.5 Å². The lowest BCUT2D eigenvalue weighted by molar-refractivity contribution is 0.578. The highest BCUT2D eigenvalue weighted by Crippen LogP contribution is 2.68. The van der Waals surface area contributed by atoms with Gasteiger partial charge < -0.3 is 0 Å². The summed E-state index contributed by atoms with van der Waals surface area (Å²) in [5.74, 6) is 1.56. The Morgan fingerprint density at radius 3 is 2.20 bits per heavy atom. The van der Waals surface area contributed by atoms with E-state index in [4.69, 9.17) is 0 Å². The van der Waals surface area contributed by atoms with Gasteiger partial charge in [-0.1, -0.05) is 83.7 Å². The molecule has 20 heavy (non-hydrogen) atoms. The zero-order valence-electron chi connectivity index (χ0n) is 13.3. The molecule has 4 atom stereocenters. The van der Waals surface area contributed by atoms with Gasteiger partial charge in [0.15, 0.2) is 7.12 Å². The van der Waals surface area contributed by atoms with Crippen molar-refractivity contribution in [2.75, 3.05) is 5.75 Å². The maximum Gasteiger partial charge on any atom is 0.155 e. The molecule has 118 valence electrons. The topological polar surface area (TPSA) is 0 Å². The van der Waals surface area contributed by atoms with E-state index < -0.39 is 9.88 Å². The van der Waals surface area contributed by atoms with Gasteiger partial charge in [-0.05, 0) is 50.0 Å². The minimum absolute atomic E-state index is 0.463. The van der Waals surface area contributed by atoms with E-state index >= 15 is 0 Å². The predicted octanol–water partition coefficient (Wildman–Crippen LogP) is 5.98. The second-order valence-electron chi connectivity index (χ2n) is 7.22. The van der Waals surface area contributed by atoms with Gasteiger partial charge in [-0.3, -0.25) is 9.88 Å². The van der Waals surface area contributed by atoms with E-state index in [1.807, 2.05) is 0 Å². The average Bonchev–Trinajstić information content (AvgIpc) is 2.81. The third kappa shape index (κ3) is 4.45. The summed E-state index contributed by atoms with van der Waals surface area (Å²) in [4.78, 5) is 0. The Hall–Kier alpha value is 1.87. The molecule has 1 heterocycles. The van der Waals surface area contributed by atoms with Gasteiger partial charge in [-0.2, -0.15) is 0 Å². The Kier molecular flexibility index (Phi) is 7.39. The summed E-state index contributed by atoms with van der Waals surface area (Å²) in [6.45, 7) is 2.61. The maximum atomic E-state index is 2.89. The van der Waals surface area contributed by atoms with Crippen LogP contribution in [0.2, 0.25) is 0 Å². The number of hydrogen-bond acceptors (Lipinski definition) is 0. The predicted molar refractivity (Wildman–Crippen MR) is 116 cm³/mol. The Labute approximate surface area is 156 Å². The smallest absolute Gasteiger partial charge is 0.155 e. The van der Waals surface area contributed by atoms with E-state index in [0.717, 1.165) is 9.17 Å². The molecule has 1 saturated heterocycles. The first-order valence-corrected chi connectivity index (χ1v) is 13.1. The Bertz CT molecular complexity index is 311. The van der Waals surface area contributed by atoms with Crippen LogP contribution in [0.25, 0.3) is 0 Å². The van der Waals surface area contributed by atoms with Crippen LogP contribution in [0.1, 0.15) is 77.6 Å². The molecular weight excluding hydrogens is 489 g/mol. The summed E-state index contributed by atoms with van der Waals surface area (Å²) >= 11 is 5.60. The highest BCUT2D eigenvalue weighted by molar-refractivity contribution is 14.1. The number of halogens is 2. The van der Waals surface area contributed by atoms with E-state index in [1.54, 1.807) is 5.75 Å². The normalized spacial score (nSPS) is 48.1. The molecule has 0 aromatic carbocycles. The van der Waals surface area contributed by atoms with E-state index in [0.29, 0.717) is 2.75 Å². The van der Waals surface area contributed by atoms with Gasteiger partial charge in [0.2, 0.25) is 0 Å². The van der Waals surface area contributed by atoms with Crippen molar-refractivity contribution in [3.05, 3.63) is 0 Å². The Morgan fingerprint density at radius 1 is 1.00 bits per heavy atom. The third-order valence-corrected chi connectivity index (χ3v) is 15.6. The molecule has 2 fully saturated rings. The molecule has 4 unspecified atom stereocenters. The van der Waals surface area contributed by atoms with Crippen LogP contribution in [0, 0.1) is 0 Å². The van der Waals surface area contributed by atoms with Crippen LogP contribution in [-0.2, 0) is 0 Å². The van der Waals surface area contributed by atoms with Crippen molar-refractivity contribution in [1.29, 1.82) is 0 Å². The van der Waals surface area contributed by atoms with E-state index in [2.05, 4.69) is 59.2 Å². The summed E-state index contributed by atoms with van der Waals surface area (Å²) in [5.41, 5.74) is 0. The van der Waals surface area contributed by atoms with Crippen molar-refractivity contribution < 1.29 is 0 Å². The Morgan fingerprint density at radius 2 is 1.60 bits per heavy atom. The fourth-order valence-corrected chi connectivity index (χ4v) is 11.7. The van der Waals surface area contributed by atoms with Crippen LogP contribution in [0.3, 0.4) is 0 Å². The first-order valence-electron chi connectivity index (χ1n) is 8.53. The summed E-state index contributed by atoms with van der Waals surface area (Å²) < 4.78 is 1.55. The SMILES string of the molecule is BS1(C2CCC(I)C2)CCCCCCCCCC1(C)I. The molecular formula is C16H31BI2S. The molecule has 0 amide bonds. The maximum absolute atomic E-state index is 2.89. The molecule has 0 radical (unpaired) electrons. The van der Waals surface area contributed by atoms with Crippen LogP contribution in [0.5, 0.6) is 0 Å². The standard InChI is InChI=1S/C16H31BI2S/c1-16(19)11-7-5-3-2-4-6-8-12-20(16,17)15-10-9-14(18)13-15/h14-15H,2-13,17H2,1H3. The van der Waals surface area contributed by atoms with Gasteiger partial charge in [-0.15, -0.1) is 0 Å². The molecule has 1 aliphatic heterocycles. The Balaban J connectivity index is 2.13. The molecule has 2 rings (SSSR count). The number of hydrogen-bond donors (Lipinski definition) is 0. The van der Waals surface area contributed by atoms with Crippen molar-refractivity contribution in [2.24, 2.45) is 0 Å². The number of alkyl halides is 2. The van der Waals surface area contributed by atoms with Crippen LogP contribution in [0.4, 0.5) is 0 Å². The van der Waals surface area contributed by atoms with Crippen molar-refractivity contribution >= 4 is 62.2 Å². The van der Waals surface area contributed by atoms with Gasteiger partial charge in [0, 0.05) is 6.68 Å². The van der Waals surface area contributed by atoms with Crippen LogP contribution in [0.15, 0.2) is 0 Å². The van der Waals surface area contributed by atoms with E-state index in [-0.39, 0.29) is 0 Å². The van der Waals surface area contributed by atoms with Crippen LogP contribution in [-0.4, -0.2) is 24.8 Å².